The van der Waals surface area contributed by atoms with Gasteiger partial charge in [-0.05, 0) is 12.1 Å². The van der Waals surface area contributed by atoms with Crippen LogP contribution in [0.2, 0.25) is 15.1 Å². The van der Waals surface area contributed by atoms with E-state index in [0.717, 1.165) is 17.2 Å². The molecule has 1 saturated heterocycles. The minimum atomic E-state index is 0.491. The van der Waals surface area contributed by atoms with Crippen molar-refractivity contribution in [1.82, 2.24) is 0 Å². The van der Waals surface area contributed by atoms with Gasteiger partial charge in [-0.2, -0.15) is 11.8 Å². The summed E-state index contributed by atoms with van der Waals surface area (Å²) in [5, 5.41) is 4.96. The molecule has 14 heavy (non-hydrogen) atoms. The fraction of sp³-hybridized carbons (Fsp3) is 0.333. The van der Waals surface area contributed by atoms with Crippen molar-refractivity contribution in [1.29, 1.82) is 0 Å². The Kier molecular flexibility index (Phi) is 3.38. The first kappa shape index (κ1) is 10.7. The second-order valence-corrected chi connectivity index (χ2v) is 5.42. The van der Waals surface area contributed by atoms with Gasteiger partial charge in [-0.3, -0.25) is 0 Å². The summed E-state index contributed by atoms with van der Waals surface area (Å²) >= 11 is 19.6. The highest BCUT2D eigenvalue weighted by Gasteiger charge is 2.19. The van der Waals surface area contributed by atoms with Gasteiger partial charge in [0.25, 0.3) is 0 Å². The molecule has 0 atom stereocenters. The van der Waals surface area contributed by atoms with Crippen LogP contribution < -0.4 is 5.32 Å². The molecule has 0 saturated carbocycles. The van der Waals surface area contributed by atoms with Gasteiger partial charge >= 0.3 is 0 Å². The van der Waals surface area contributed by atoms with E-state index < -0.39 is 0 Å². The zero-order valence-corrected chi connectivity index (χ0v) is 10.3. The van der Waals surface area contributed by atoms with E-state index in [1.54, 1.807) is 12.1 Å². The van der Waals surface area contributed by atoms with Crippen LogP contribution in [0.1, 0.15) is 0 Å². The third-order valence-corrected chi connectivity index (χ3v) is 4.32. The normalized spacial score (nSPS) is 16.5. The van der Waals surface area contributed by atoms with E-state index in [9.17, 15) is 0 Å². The molecule has 1 aromatic rings. The quantitative estimate of drug-likeness (QED) is 0.808. The molecule has 1 nitrogen and oxygen atoms in total. The topological polar surface area (TPSA) is 12.0 Å². The van der Waals surface area contributed by atoms with Crippen LogP contribution in [-0.2, 0) is 0 Å². The lowest BCUT2D eigenvalue weighted by molar-refractivity contribution is 0.882. The molecule has 0 unspecified atom stereocenters. The van der Waals surface area contributed by atoms with Crippen molar-refractivity contribution in [3.05, 3.63) is 27.2 Å². The molecule has 0 bridgehead atoms. The van der Waals surface area contributed by atoms with Gasteiger partial charge in [0.2, 0.25) is 0 Å². The van der Waals surface area contributed by atoms with Gasteiger partial charge in [0, 0.05) is 17.5 Å². The number of anilines is 1. The molecule has 0 amide bonds. The third kappa shape index (κ3) is 2.25. The van der Waals surface area contributed by atoms with Crippen LogP contribution in [0.25, 0.3) is 0 Å². The van der Waals surface area contributed by atoms with E-state index in [1.807, 2.05) is 11.8 Å². The van der Waals surface area contributed by atoms with Crippen molar-refractivity contribution < 1.29 is 0 Å². The molecule has 1 aromatic carbocycles. The summed E-state index contributed by atoms with van der Waals surface area (Å²) in [5.74, 6) is 2.24. The first-order chi connectivity index (χ1) is 6.66. The Morgan fingerprint density at radius 2 is 1.71 bits per heavy atom. The Morgan fingerprint density at radius 1 is 1.07 bits per heavy atom. The molecule has 5 heteroatoms. The Balaban J connectivity index is 2.19. The molecule has 0 aliphatic carbocycles. The van der Waals surface area contributed by atoms with Crippen LogP contribution in [0.4, 0.5) is 5.69 Å². The zero-order valence-electron chi connectivity index (χ0n) is 7.19. The number of nitrogens with one attached hydrogen (secondary N) is 1. The molecular weight excluding hydrogens is 261 g/mol. The molecule has 1 aliphatic heterocycles. The van der Waals surface area contributed by atoms with Gasteiger partial charge in [0.05, 0.1) is 20.8 Å². The van der Waals surface area contributed by atoms with Crippen LogP contribution in [0.5, 0.6) is 0 Å². The highest BCUT2D eigenvalue weighted by molar-refractivity contribution is 8.00. The summed E-state index contributed by atoms with van der Waals surface area (Å²) in [5.41, 5.74) is 0.867. The summed E-state index contributed by atoms with van der Waals surface area (Å²) < 4.78 is 0. The molecule has 76 valence electrons. The maximum atomic E-state index is 6.01. The third-order valence-electron chi connectivity index (χ3n) is 2.01. The number of halogens is 3. The van der Waals surface area contributed by atoms with Gasteiger partial charge in [-0.1, -0.05) is 34.8 Å². The largest absolute Gasteiger partial charge is 0.379 e. The van der Waals surface area contributed by atoms with Crippen molar-refractivity contribution in [2.45, 2.75) is 6.04 Å². The predicted molar refractivity (Wildman–Crippen MR) is 66.2 cm³/mol. The standard InChI is InChI=1S/C9H8Cl3NS/c10-6-1-8(12)9(2-7(6)11)13-5-3-14-4-5/h1-2,5,13H,3-4H2. The summed E-state index contributed by atoms with van der Waals surface area (Å²) in [6, 6.07) is 3.95. The first-order valence-corrected chi connectivity index (χ1v) is 6.44. The fourth-order valence-corrected chi connectivity index (χ4v) is 2.41. The van der Waals surface area contributed by atoms with Crippen molar-refractivity contribution >= 4 is 52.3 Å². The van der Waals surface area contributed by atoms with Crippen molar-refractivity contribution in [2.75, 3.05) is 16.8 Å². The second kappa shape index (κ2) is 4.40. The Hall–Kier alpha value is 0.240. The average molecular weight is 269 g/mol. The van der Waals surface area contributed by atoms with Crippen molar-refractivity contribution in [2.24, 2.45) is 0 Å². The number of benzene rings is 1. The molecule has 0 spiro atoms. The van der Waals surface area contributed by atoms with E-state index in [4.69, 9.17) is 34.8 Å². The van der Waals surface area contributed by atoms with Crippen LogP contribution in [0, 0.1) is 0 Å². The predicted octanol–water partition coefficient (Wildman–Crippen LogP) is 4.17. The smallest absolute Gasteiger partial charge is 0.0653 e. The van der Waals surface area contributed by atoms with Gasteiger partial charge < -0.3 is 5.32 Å². The Bertz CT molecular complexity index is 352. The lowest BCUT2D eigenvalue weighted by Gasteiger charge is -2.27. The summed E-state index contributed by atoms with van der Waals surface area (Å²) in [6.45, 7) is 0. The maximum Gasteiger partial charge on any atom is 0.0653 e. The minimum Gasteiger partial charge on any atom is -0.379 e. The summed E-state index contributed by atoms with van der Waals surface area (Å²) in [7, 11) is 0. The van der Waals surface area contributed by atoms with Crippen molar-refractivity contribution in [3.63, 3.8) is 0 Å². The van der Waals surface area contributed by atoms with E-state index in [1.165, 1.54) is 0 Å². The van der Waals surface area contributed by atoms with E-state index in [0.29, 0.717) is 21.1 Å². The maximum absolute atomic E-state index is 6.01. The number of hydrogen-bond donors (Lipinski definition) is 1. The van der Waals surface area contributed by atoms with Crippen LogP contribution >= 0.6 is 46.6 Å². The van der Waals surface area contributed by atoms with Gasteiger partial charge in [0.1, 0.15) is 0 Å². The summed E-state index contributed by atoms with van der Waals surface area (Å²) in [6.07, 6.45) is 0. The molecular formula is C9H8Cl3NS. The van der Waals surface area contributed by atoms with Crippen molar-refractivity contribution in [3.8, 4) is 0 Å². The molecule has 0 aromatic heterocycles. The molecule has 1 fully saturated rings. The molecule has 1 aliphatic rings. The molecule has 1 N–H and O–H groups in total. The Morgan fingerprint density at radius 3 is 2.29 bits per heavy atom. The van der Waals surface area contributed by atoms with Gasteiger partial charge in [-0.15, -0.1) is 0 Å². The Labute approximate surface area is 102 Å². The summed E-state index contributed by atoms with van der Waals surface area (Å²) in [4.78, 5) is 0. The highest BCUT2D eigenvalue weighted by atomic mass is 35.5. The second-order valence-electron chi connectivity index (χ2n) is 3.12. The number of hydrogen-bond acceptors (Lipinski definition) is 2. The average Bonchev–Trinajstić information content (AvgIpc) is 2.06. The molecule has 2 rings (SSSR count). The highest BCUT2D eigenvalue weighted by Crippen LogP contribution is 2.34. The molecule has 1 heterocycles. The molecule has 0 radical (unpaired) electrons. The lowest BCUT2D eigenvalue weighted by Crippen LogP contribution is -2.33. The van der Waals surface area contributed by atoms with Crippen LogP contribution in [-0.4, -0.2) is 17.5 Å². The van der Waals surface area contributed by atoms with Crippen LogP contribution in [0.3, 0.4) is 0 Å². The number of thioether (sulfide) groups is 1. The van der Waals surface area contributed by atoms with Crippen LogP contribution in [0.15, 0.2) is 12.1 Å². The first-order valence-electron chi connectivity index (χ1n) is 4.15. The van der Waals surface area contributed by atoms with Gasteiger partial charge in [-0.25, -0.2) is 0 Å². The zero-order chi connectivity index (χ0) is 10.1. The lowest BCUT2D eigenvalue weighted by atomic mass is 10.2. The van der Waals surface area contributed by atoms with E-state index in [-0.39, 0.29) is 0 Å². The fourth-order valence-electron chi connectivity index (χ4n) is 1.17. The van der Waals surface area contributed by atoms with Gasteiger partial charge in [0.15, 0.2) is 0 Å². The van der Waals surface area contributed by atoms with E-state index >= 15 is 0 Å². The minimum absolute atomic E-state index is 0.491. The van der Waals surface area contributed by atoms with E-state index in [2.05, 4.69) is 5.32 Å². The monoisotopic (exact) mass is 267 g/mol. The SMILES string of the molecule is Clc1cc(Cl)c(NC2CSC2)cc1Cl. The number of rotatable bonds is 2.